The molecule has 1 heterocycles. The molecule has 1 unspecified atom stereocenters. The number of aliphatic hydroxyl groups is 1. The van der Waals surface area contributed by atoms with E-state index >= 15 is 0 Å². The summed E-state index contributed by atoms with van der Waals surface area (Å²) in [4.78, 5) is 14.4. The summed E-state index contributed by atoms with van der Waals surface area (Å²) in [6, 6.07) is 2.50. The van der Waals surface area contributed by atoms with Crippen LogP contribution in [0.15, 0.2) is 0 Å². The van der Waals surface area contributed by atoms with E-state index in [4.69, 9.17) is 5.11 Å². The quantitative estimate of drug-likeness (QED) is 0.825. The van der Waals surface area contributed by atoms with E-state index in [9.17, 15) is 10.1 Å². The van der Waals surface area contributed by atoms with E-state index in [1.165, 1.54) is 0 Å². The molecule has 0 bridgehead atoms. The highest BCUT2D eigenvalue weighted by molar-refractivity contribution is 5.87. The smallest absolute Gasteiger partial charge is 0.243 e. The number of likely N-dealkylation sites (tertiary alicyclic amines) is 1. The third-order valence-electron chi connectivity index (χ3n) is 4.35. The second-order valence-corrected chi connectivity index (χ2v) is 5.87. The van der Waals surface area contributed by atoms with Gasteiger partial charge in [0.1, 0.15) is 5.41 Å². The topological polar surface area (TPSA) is 64.3 Å². The first kappa shape index (κ1) is 13.4. The summed E-state index contributed by atoms with van der Waals surface area (Å²) < 4.78 is 0. The molecule has 1 amide bonds. The average molecular weight is 250 g/mol. The molecule has 1 N–H and O–H groups in total. The molecule has 0 aromatic rings. The molecule has 100 valence electrons. The lowest BCUT2D eigenvalue weighted by atomic mass is 9.62. The molecule has 2 fully saturated rings. The van der Waals surface area contributed by atoms with Gasteiger partial charge >= 0.3 is 0 Å². The van der Waals surface area contributed by atoms with E-state index in [-0.39, 0.29) is 18.6 Å². The van der Waals surface area contributed by atoms with Crippen LogP contribution in [0.5, 0.6) is 0 Å². The van der Waals surface area contributed by atoms with E-state index in [0.717, 1.165) is 32.2 Å². The maximum Gasteiger partial charge on any atom is 0.243 e. The second kappa shape index (κ2) is 5.27. The van der Waals surface area contributed by atoms with Crippen molar-refractivity contribution >= 4 is 5.91 Å². The number of carbonyl (C=O) groups is 1. The van der Waals surface area contributed by atoms with Gasteiger partial charge < -0.3 is 10.0 Å². The van der Waals surface area contributed by atoms with Gasteiger partial charge in [-0.15, -0.1) is 0 Å². The Morgan fingerprint density at radius 1 is 1.56 bits per heavy atom. The zero-order chi connectivity index (χ0) is 13.2. The van der Waals surface area contributed by atoms with Crippen LogP contribution < -0.4 is 0 Å². The SMILES string of the molecule is CC1CC(C#N)(C(=O)N2CCCC2CCCO)C1. The number of hydrogen-bond acceptors (Lipinski definition) is 3. The third kappa shape index (κ3) is 2.24. The van der Waals surface area contributed by atoms with Gasteiger partial charge in [0.05, 0.1) is 6.07 Å². The first-order valence-electron chi connectivity index (χ1n) is 6.96. The van der Waals surface area contributed by atoms with Crippen molar-refractivity contribution in [3.8, 4) is 6.07 Å². The lowest BCUT2D eigenvalue weighted by molar-refractivity contribution is -0.146. The molecule has 4 heteroatoms. The van der Waals surface area contributed by atoms with Crippen molar-refractivity contribution in [2.24, 2.45) is 11.3 Å². The monoisotopic (exact) mass is 250 g/mol. The minimum atomic E-state index is -0.735. The van der Waals surface area contributed by atoms with E-state index in [0.29, 0.717) is 18.8 Å². The van der Waals surface area contributed by atoms with E-state index in [1.54, 1.807) is 0 Å². The van der Waals surface area contributed by atoms with Gasteiger partial charge in [-0.1, -0.05) is 6.92 Å². The standard InChI is InChI=1S/C14H22N2O2/c1-11-8-14(9-11,10-15)13(18)16-6-2-4-12(16)5-3-7-17/h11-12,17H,2-9H2,1H3. The van der Waals surface area contributed by atoms with Crippen molar-refractivity contribution in [2.45, 2.75) is 51.5 Å². The maximum absolute atomic E-state index is 12.5. The summed E-state index contributed by atoms with van der Waals surface area (Å²) in [5.74, 6) is 0.538. The van der Waals surface area contributed by atoms with Crippen LogP contribution in [0.1, 0.15) is 45.4 Å². The van der Waals surface area contributed by atoms with Gasteiger partial charge in [0.25, 0.3) is 0 Å². The normalized spacial score (nSPS) is 35.1. The molecule has 2 aliphatic rings. The predicted octanol–water partition coefficient (Wildman–Crippen LogP) is 1.69. The summed E-state index contributed by atoms with van der Waals surface area (Å²) in [7, 11) is 0. The largest absolute Gasteiger partial charge is 0.396 e. The second-order valence-electron chi connectivity index (χ2n) is 5.87. The Hall–Kier alpha value is -1.08. The van der Waals surface area contributed by atoms with Crippen molar-refractivity contribution < 1.29 is 9.90 Å². The Morgan fingerprint density at radius 2 is 2.28 bits per heavy atom. The van der Waals surface area contributed by atoms with Crippen LogP contribution in [0.25, 0.3) is 0 Å². The molecular formula is C14H22N2O2. The Balaban J connectivity index is 2.02. The average Bonchev–Trinajstić information content (AvgIpc) is 2.79. The van der Waals surface area contributed by atoms with Crippen LogP contribution in [0, 0.1) is 22.7 Å². The molecular weight excluding hydrogens is 228 g/mol. The summed E-state index contributed by atoms with van der Waals surface area (Å²) in [6.45, 7) is 3.06. The van der Waals surface area contributed by atoms with Crippen LogP contribution in [0.3, 0.4) is 0 Å². The Morgan fingerprint density at radius 3 is 2.83 bits per heavy atom. The maximum atomic E-state index is 12.5. The molecule has 1 aliphatic carbocycles. The molecule has 0 aromatic heterocycles. The van der Waals surface area contributed by atoms with Gasteiger partial charge in [0.15, 0.2) is 0 Å². The summed E-state index contributed by atoms with van der Waals surface area (Å²) in [6.07, 6.45) is 5.07. The zero-order valence-electron chi connectivity index (χ0n) is 11.1. The van der Waals surface area contributed by atoms with E-state index < -0.39 is 5.41 Å². The Labute approximate surface area is 109 Å². The fraction of sp³-hybridized carbons (Fsp3) is 0.857. The minimum absolute atomic E-state index is 0.0449. The van der Waals surface area contributed by atoms with E-state index in [1.807, 2.05) is 4.90 Å². The van der Waals surface area contributed by atoms with Crippen LogP contribution in [-0.4, -0.2) is 35.1 Å². The third-order valence-corrected chi connectivity index (χ3v) is 4.35. The Kier molecular flexibility index (Phi) is 3.91. The van der Waals surface area contributed by atoms with Crippen molar-refractivity contribution in [3.05, 3.63) is 0 Å². The summed E-state index contributed by atoms with van der Waals surface area (Å²) >= 11 is 0. The highest BCUT2D eigenvalue weighted by Crippen LogP contribution is 2.47. The number of hydrogen-bond donors (Lipinski definition) is 1. The predicted molar refractivity (Wildman–Crippen MR) is 67.5 cm³/mol. The summed E-state index contributed by atoms with van der Waals surface area (Å²) in [5, 5.41) is 18.2. The number of nitriles is 1. The van der Waals surface area contributed by atoms with Crippen LogP contribution in [0.2, 0.25) is 0 Å². The van der Waals surface area contributed by atoms with Crippen molar-refractivity contribution in [1.82, 2.24) is 4.90 Å². The van der Waals surface area contributed by atoms with Crippen LogP contribution >= 0.6 is 0 Å². The molecule has 0 spiro atoms. The molecule has 1 saturated carbocycles. The van der Waals surface area contributed by atoms with E-state index in [2.05, 4.69) is 13.0 Å². The van der Waals surface area contributed by atoms with Crippen molar-refractivity contribution in [3.63, 3.8) is 0 Å². The van der Waals surface area contributed by atoms with Crippen molar-refractivity contribution in [1.29, 1.82) is 5.26 Å². The highest BCUT2D eigenvalue weighted by Gasteiger charge is 2.52. The van der Waals surface area contributed by atoms with Gasteiger partial charge in [-0.25, -0.2) is 0 Å². The van der Waals surface area contributed by atoms with Gasteiger partial charge in [-0.3, -0.25) is 4.79 Å². The highest BCUT2D eigenvalue weighted by atomic mass is 16.3. The van der Waals surface area contributed by atoms with Gasteiger partial charge in [-0.2, -0.15) is 5.26 Å². The van der Waals surface area contributed by atoms with Crippen molar-refractivity contribution in [2.75, 3.05) is 13.2 Å². The molecule has 18 heavy (non-hydrogen) atoms. The molecule has 0 radical (unpaired) electrons. The number of amides is 1. The first-order chi connectivity index (χ1) is 8.63. The first-order valence-corrected chi connectivity index (χ1v) is 6.96. The summed E-state index contributed by atoms with van der Waals surface area (Å²) in [5.41, 5.74) is -0.735. The van der Waals surface area contributed by atoms with Gasteiger partial charge in [0.2, 0.25) is 5.91 Å². The van der Waals surface area contributed by atoms with Gasteiger partial charge in [0, 0.05) is 19.2 Å². The Bertz CT molecular complexity index is 355. The number of aliphatic hydroxyl groups excluding tert-OH is 1. The van der Waals surface area contributed by atoms with Crippen LogP contribution in [0.4, 0.5) is 0 Å². The minimum Gasteiger partial charge on any atom is -0.396 e. The lowest BCUT2D eigenvalue weighted by Gasteiger charge is -2.42. The molecule has 2 rings (SSSR count). The number of nitrogens with zero attached hydrogens (tertiary/aromatic N) is 2. The fourth-order valence-electron chi connectivity index (χ4n) is 3.45. The zero-order valence-corrected chi connectivity index (χ0v) is 11.1. The number of carbonyl (C=O) groups excluding carboxylic acids is 1. The molecule has 1 aliphatic heterocycles. The molecule has 0 aromatic carbocycles. The van der Waals surface area contributed by atoms with Gasteiger partial charge in [-0.05, 0) is 44.4 Å². The molecule has 1 saturated heterocycles. The molecule has 4 nitrogen and oxygen atoms in total. The fourth-order valence-corrected chi connectivity index (χ4v) is 3.45. The van der Waals surface area contributed by atoms with Crippen LogP contribution in [-0.2, 0) is 4.79 Å². The molecule has 1 atom stereocenters. The number of rotatable bonds is 4. The lowest BCUT2D eigenvalue weighted by Crippen LogP contribution is -2.51.